The molecule has 0 spiro atoms. The quantitative estimate of drug-likeness (QED) is 0.456. The fraction of sp³-hybridized carbons (Fsp3) is 0.240. The number of nitrogens with one attached hydrogen (secondary N) is 1. The molecule has 3 heterocycles. The predicted octanol–water partition coefficient (Wildman–Crippen LogP) is 5.62. The third kappa shape index (κ3) is 3.91. The van der Waals surface area contributed by atoms with Crippen molar-refractivity contribution in [3.8, 4) is 5.75 Å². The number of nitrogens with zero attached hydrogens (tertiary/aromatic N) is 2. The van der Waals surface area contributed by atoms with Gasteiger partial charge in [-0.05, 0) is 54.8 Å². The number of ether oxygens (including phenoxy) is 1. The van der Waals surface area contributed by atoms with Crippen molar-refractivity contribution < 1.29 is 13.5 Å². The molecule has 0 saturated heterocycles. The van der Waals surface area contributed by atoms with Crippen LogP contribution in [0.5, 0.6) is 5.75 Å². The molecule has 0 bridgehead atoms. The van der Waals surface area contributed by atoms with Gasteiger partial charge in [0, 0.05) is 35.4 Å². The van der Waals surface area contributed by atoms with Gasteiger partial charge in [0.2, 0.25) is 0 Å². The number of hydrogen-bond acceptors (Lipinski definition) is 3. The highest BCUT2D eigenvalue weighted by Gasteiger charge is 2.32. The molecule has 31 heavy (non-hydrogen) atoms. The number of benzene rings is 2. The fourth-order valence-electron chi connectivity index (χ4n) is 4.52. The van der Waals surface area contributed by atoms with Gasteiger partial charge in [0.05, 0.1) is 11.7 Å². The van der Waals surface area contributed by atoms with Crippen LogP contribution in [0.1, 0.15) is 34.3 Å². The Morgan fingerprint density at radius 1 is 1.06 bits per heavy atom. The first-order valence-electron chi connectivity index (χ1n) is 10.4. The Bertz CT molecular complexity index is 1200. The van der Waals surface area contributed by atoms with E-state index in [-0.39, 0.29) is 11.8 Å². The molecular weight excluding hydrogens is 396 g/mol. The summed E-state index contributed by atoms with van der Waals surface area (Å²) in [6.07, 6.45) is 0.939. The molecule has 1 aliphatic rings. The highest BCUT2D eigenvalue weighted by atomic mass is 19.3. The van der Waals surface area contributed by atoms with E-state index in [1.54, 1.807) is 12.1 Å². The van der Waals surface area contributed by atoms with Gasteiger partial charge in [-0.3, -0.25) is 9.88 Å². The first kappa shape index (κ1) is 19.7. The molecule has 2 aromatic heterocycles. The van der Waals surface area contributed by atoms with Crippen molar-refractivity contribution in [1.29, 1.82) is 0 Å². The number of pyridine rings is 1. The zero-order chi connectivity index (χ0) is 21.4. The molecule has 158 valence electrons. The summed E-state index contributed by atoms with van der Waals surface area (Å²) in [5.74, 6) is 0.173. The first-order valence-corrected chi connectivity index (χ1v) is 10.4. The Morgan fingerprint density at radius 3 is 2.65 bits per heavy atom. The maximum Gasteiger partial charge on any atom is 0.387 e. The number of aryl methyl sites for hydroxylation is 1. The average molecular weight is 419 g/mol. The lowest BCUT2D eigenvalue weighted by Gasteiger charge is -2.35. The van der Waals surface area contributed by atoms with Crippen LogP contribution in [0.4, 0.5) is 8.78 Å². The van der Waals surface area contributed by atoms with Crippen LogP contribution in [-0.4, -0.2) is 28.0 Å². The molecule has 4 nitrogen and oxygen atoms in total. The van der Waals surface area contributed by atoms with Crippen LogP contribution in [0.2, 0.25) is 0 Å². The lowest BCUT2D eigenvalue weighted by atomic mass is 9.94. The van der Waals surface area contributed by atoms with Crippen molar-refractivity contribution >= 4 is 10.9 Å². The molecule has 2 aromatic carbocycles. The highest BCUT2D eigenvalue weighted by Crippen LogP contribution is 2.38. The maximum atomic E-state index is 12.5. The molecule has 1 atom stereocenters. The summed E-state index contributed by atoms with van der Waals surface area (Å²) >= 11 is 0. The van der Waals surface area contributed by atoms with Crippen molar-refractivity contribution in [2.24, 2.45) is 0 Å². The minimum absolute atomic E-state index is 0.00644. The van der Waals surface area contributed by atoms with Gasteiger partial charge in [-0.2, -0.15) is 8.78 Å². The van der Waals surface area contributed by atoms with E-state index in [2.05, 4.69) is 38.9 Å². The molecular formula is C25H23F2N3O. The number of hydrogen-bond donors (Lipinski definition) is 1. The topological polar surface area (TPSA) is 41.2 Å². The number of halogens is 2. The van der Waals surface area contributed by atoms with Crippen LogP contribution < -0.4 is 4.74 Å². The largest absolute Gasteiger partial charge is 0.435 e. The highest BCUT2D eigenvalue weighted by molar-refractivity contribution is 5.85. The van der Waals surface area contributed by atoms with Crippen molar-refractivity contribution in [3.63, 3.8) is 0 Å². The van der Waals surface area contributed by atoms with Gasteiger partial charge < -0.3 is 9.72 Å². The van der Waals surface area contributed by atoms with Crippen molar-refractivity contribution in [2.75, 3.05) is 6.54 Å². The summed E-state index contributed by atoms with van der Waals surface area (Å²) in [6.45, 7) is 0.754. The number of aromatic amines is 1. The lowest BCUT2D eigenvalue weighted by molar-refractivity contribution is -0.0498. The van der Waals surface area contributed by atoms with Gasteiger partial charge in [-0.15, -0.1) is 0 Å². The van der Waals surface area contributed by atoms with Crippen molar-refractivity contribution in [1.82, 2.24) is 14.9 Å². The van der Waals surface area contributed by atoms with E-state index in [1.165, 1.54) is 16.6 Å². The van der Waals surface area contributed by atoms with Crippen LogP contribution in [0.25, 0.3) is 10.9 Å². The Hall–Kier alpha value is -3.25. The SMILES string of the molecule is Cc1cccc(C2c3[nH]c4ccccc4c3CCN2Cc2ccc(OC(F)F)cc2)n1. The Kier molecular flexibility index (Phi) is 5.16. The molecule has 0 saturated carbocycles. The number of aromatic nitrogens is 2. The van der Waals surface area contributed by atoms with Gasteiger partial charge in [0.15, 0.2) is 0 Å². The molecule has 0 fully saturated rings. The maximum absolute atomic E-state index is 12.5. The second-order valence-corrected chi connectivity index (χ2v) is 7.91. The third-order valence-electron chi connectivity index (χ3n) is 5.86. The van der Waals surface area contributed by atoms with Crippen molar-refractivity contribution in [2.45, 2.75) is 32.5 Å². The summed E-state index contributed by atoms with van der Waals surface area (Å²) in [4.78, 5) is 10.9. The molecule has 0 amide bonds. The van der Waals surface area contributed by atoms with E-state index in [4.69, 9.17) is 4.98 Å². The van der Waals surface area contributed by atoms with E-state index in [0.717, 1.165) is 35.4 Å². The normalized spacial score (nSPS) is 16.6. The zero-order valence-electron chi connectivity index (χ0n) is 17.2. The monoisotopic (exact) mass is 419 g/mol. The summed E-state index contributed by atoms with van der Waals surface area (Å²) in [7, 11) is 0. The minimum atomic E-state index is -2.81. The van der Waals surface area contributed by atoms with Crippen LogP contribution in [-0.2, 0) is 13.0 Å². The van der Waals surface area contributed by atoms with Crippen LogP contribution in [0.15, 0.2) is 66.7 Å². The number of fused-ring (bicyclic) bond motifs is 3. The second-order valence-electron chi connectivity index (χ2n) is 7.91. The molecule has 1 aliphatic heterocycles. The Morgan fingerprint density at radius 2 is 1.87 bits per heavy atom. The second kappa shape index (κ2) is 8.12. The van der Waals surface area contributed by atoms with E-state index in [0.29, 0.717) is 6.54 Å². The van der Waals surface area contributed by atoms with Crippen LogP contribution >= 0.6 is 0 Å². The van der Waals surface area contributed by atoms with Gasteiger partial charge in [0.25, 0.3) is 0 Å². The molecule has 1 unspecified atom stereocenters. The van der Waals surface area contributed by atoms with Gasteiger partial charge in [0.1, 0.15) is 5.75 Å². The van der Waals surface area contributed by atoms with Gasteiger partial charge >= 0.3 is 6.61 Å². The zero-order valence-corrected chi connectivity index (χ0v) is 17.2. The average Bonchev–Trinajstić information content (AvgIpc) is 3.13. The number of para-hydroxylation sites is 1. The van der Waals surface area contributed by atoms with E-state index >= 15 is 0 Å². The Labute approximate surface area is 179 Å². The summed E-state index contributed by atoms with van der Waals surface area (Å²) < 4.78 is 29.4. The summed E-state index contributed by atoms with van der Waals surface area (Å²) in [5, 5.41) is 1.27. The number of H-pyrrole nitrogens is 1. The smallest absolute Gasteiger partial charge is 0.387 e. The first-order chi connectivity index (χ1) is 15.1. The molecule has 0 radical (unpaired) electrons. The fourth-order valence-corrected chi connectivity index (χ4v) is 4.52. The molecule has 1 N–H and O–H groups in total. The van der Waals surface area contributed by atoms with Gasteiger partial charge in [-0.25, -0.2) is 0 Å². The summed E-state index contributed by atoms with van der Waals surface area (Å²) in [5.41, 5.74) is 6.70. The minimum Gasteiger partial charge on any atom is -0.435 e. The van der Waals surface area contributed by atoms with E-state index in [9.17, 15) is 8.78 Å². The molecule has 5 rings (SSSR count). The molecule has 4 aromatic rings. The van der Waals surface area contributed by atoms with Crippen molar-refractivity contribution in [3.05, 3.63) is 94.9 Å². The molecule has 6 heteroatoms. The number of rotatable bonds is 5. The summed E-state index contributed by atoms with van der Waals surface area (Å²) in [6, 6.07) is 21.4. The standard InChI is InChI=1S/C25H23F2N3O/c1-16-5-4-8-22(28-16)24-23-20(19-6-2-3-7-21(19)29-23)13-14-30(24)15-17-9-11-18(12-10-17)31-25(26)27/h2-12,24-25,29H,13-15H2,1H3. The van der Waals surface area contributed by atoms with Gasteiger partial charge in [-0.1, -0.05) is 36.4 Å². The van der Waals surface area contributed by atoms with Crippen LogP contribution in [0, 0.1) is 6.92 Å². The lowest BCUT2D eigenvalue weighted by Crippen LogP contribution is -2.36. The predicted molar refractivity (Wildman–Crippen MR) is 116 cm³/mol. The van der Waals surface area contributed by atoms with Crippen LogP contribution in [0.3, 0.4) is 0 Å². The van der Waals surface area contributed by atoms with E-state index < -0.39 is 6.61 Å². The number of alkyl halides is 2. The third-order valence-corrected chi connectivity index (χ3v) is 5.86. The van der Waals surface area contributed by atoms with E-state index in [1.807, 2.05) is 37.3 Å². The Balaban J connectivity index is 1.52. The molecule has 0 aliphatic carbocycles.